The van der Waals surface area contributed by atoms with E-state index in [-0.39, 0.29) is 41.9 Å². The van der Waals surface area contributed by atoms with Gasteiger partial charge in [-0.2, -0.15) is 0 Å². The fourth-order valence-electron chi connectivity index (χ4n) is 3.88. The van der Waals surface area contributed by atoms with Gasteiger partial charge in [0.15, 0.2) is 5.96 Å². The largest absolute Gasteiger partial charge is 0.376 e. The summed E-state index contributed by atoms with van der Waals surface area (Å²) in [6, 6.07) is 8.00. The van der Waals surface area contributed by atoms with Gasteiger partial charge in [0.1, 0.15) is 0 Å². The Morgan fingerprint density at radius 1 is 1.14 bits per heavy atom. The highest BCUT2D eigenvalue weighted by Gasteiger charge is 2.21. The minimum Gasteiger partial charge on any atom is -0.376 e. The normalized spacial score (nSPS) is 20.0. The quantitative estimate of drug-likeness (QED) is 0.292. The molecule has 0 radical (unpaired) electrons. The molecule has 29 heavy (non-hydrogen) atoms. The third-order valence-electron chi connectivity index (χ3n) is 5.46. The Morgan fingerprint density at radius 3 is 2.69 bits per heavy atom. The van der Waals surface area contributed by atoms with Crippen LogP contribution in [0, 0.1) is 5.92 Å². The predicted molar refractivity (Wildman–Crippen MR) is 129 cm³/mol. The topological polar surface area (TPSA) is 74.8 Å². The van der Waals surface area contributed by atoms with Crippen LogP contribution in [0.3, 0.4) is 0 Å². The number of benzene rings is 1. The van der Waals surface area contributed by atoms with Crippen molar-refractivity contribution in [3.05, 3.63) is 29.8 Å². The van der Waals surface area contributed by atoms with E-state index in [2.05, 4.69) is 27.9 Å². The van der Waals surface area contributed by atoms with Crippen molar-refractivity contribution in [1.82, 2.24) is 10.6 Å². The second-order valence-electron chi connectivity index (χ2n) is 7.74. The maximum atomic E-state index is 12.5. The van der Waals surface area contributed by atoms with Gasteiger partial charge in [0.25, 0.3) is 0 Å². The highest BCUT2D eigenvalue weighted by molar-refractivity contribution is 14.0. The van der Waals surface area contributed by atoms with Gasteiger partial charge in [-0.15, -0.1) is 24.0 Å². The molecule has 0 spiro atoms. The van der Waals surface area contributed by atoms with Gasteiger partial charge in [0.05, 0.1) is 12.6 Å². The van der Waals surface area contributed by atoms with Crippen LogP contribution < -0.4 is 16.0 Å². The lowest BCUT2D eigenvalue weighted by molar-refractivity contribution is -0.120. The zero-order valence-corrected chi connectivity index (χ0v) is 19.7. The number of nitrogens with one attached hydrogen (secondary N) is 3. The molecule has 0 bridgehead atoms. The summed E-state index contributed by atoms with van der Waals surface area (Å²) in [7, 11) is 0. The fourth-order valence-corrected chi connectivity index (χ4v) is 3.88. The van der Waals surface area contributed by atoms with E-state index in [1.165, 1.54) is 19.3 Å². The molecule has 7 heteroatoms. The van der Waals surface area contributed by atoms with Crippen LogP contribution in [0.5, 0.6) is 0 Å². The molecule has 1 atom stereocenters. The predicted octanol–water partition coefficient (Wildman–Crippen LogP) is 4.06. The van der Waals surface area contributed by atoms with Crippen molar-refractivity contribution in [2.45, 2.75) is 64.5 Å². The second kappa shape index (κ2) is 13.1. The monoisotopic (exact) mass is 514 g/mol. The van der Waals surface area contributed by atoms with Gasteiger partial charge in [0, 0.05) is 31.3 Å². The number of ether oxygens (including phenoxy) is 1. The smallest absolute Gasteiger partial charge is 0.227 e. The van der Waals surface area contributed by atoms with Crippen LogP contribution >= 0.6 is 24.0 Å². The first-order valence-electron chi connectivity index (χ1n) is 10.8. The molecule has 1 saturated carbocycles. The van der Waals surface area contributed by atoms with E-state index in [1.807, 2.05) is 24.3 Å². The lowest BCUT2D eigenvalue weighted by Gasteiger charge is -2.20. The fraction of sp³-hybridized carbons (Fsp3) is 0.636. The number of guanidine groups is 1. The van der Waals surface area contributed by atoms with Gasteiger partial charge < -0.3 is 20.7 Å². The van der Waals surface area contributed by atoms with Gasteiger partial charge in [-0.25, -0.2) is 4.99 Å². The summed E-state index contributed by atoms with van der Waals surface area (Å²) in [6.45, 7) is 5.08. The second-order valence-corrected chi connectivity index (χ2v) is 7.74. The molecule has 1 saturated heterocycles. The lowest BCUT2D eigenvalue weighted by atomic mass is 9.88. The summed E-state index contributed by atoms with van der Waals surface area (Å²) in [5.74, 6) is 1.12. The molecule has 3 rings (SSSR count). The number of carbonyl (C=O) groups excluding carboxylic acids is 1. The maximum absolute atomic E-state index is 12.5. The Bertz CT molecular complexity index is 656. The maximum Gasteiger partial charge on any atom is 0.227 e. The van der Waals surface area contributed by atoms with Gasteiger partial charge in [-0.3, -0.25) is 4.79 Å². The standard InChI is InChI=1S/C22H34N4O2.HI/c1-2-23-22(25-16-20-12-7-13-28-20)24-15-17-8-6-11-19(14-17)26-21(27)18-9-4-3-5-10-18;/h6,8,11,14,18,20H,2-5,7,9-10,12-13,15-16H2,1H3,(H,26,27)(H2,23,24,25);1H. The number of anilines is 1. The summed E-state index contributed by atoms with van der Waals surface area (Å²) >= 11 is 0. The molecule has 6 nitrogen and oxygen atoms in total. The third-order valence-corrected chi connectivity index (χ3v) is 5.46. The number of halogens is 1. The number of amides is 1. The first-order chi connectivity index (χ1) is 13.7. The molecule has 1 aliphatic carbocycles. The van der Waals surface area contributed by atoms with Crippen molar-refractivity contribution in [3.63, 3.8) is 0 Å². The van der Waals surface area contributed by atoms with Crippen LogP contribution in [-0.2, 0) is 16.1 Å². The lowest BCUT2D eigenvalue weighted by Crippen LogP contribution is -2.41. The van der Waals surface area contributed by atoms with Gasteiger partial charge in [-0.05, 0) is 50.3 Å². The molecule has 1 heterocycles. The molecule has 1 unspecified atom stereocenters. The molecule has 1 aromatic rings. The van der Waals surface area contributed by atoms with E-state index in [1.54, 1.807) is 0 Å². The van der Waals surface area contributed by atoms with Gasteiger partial charge in [-0.1, -0.05) is 31.4 Å². The van der Waals surface area contributed by atoms with Crippen LogP contribution in [0.4, 0.5) is 5.69 Å². The van der Waals surface area contributed by atoms with Crippen LogP contribution in [0.2, 0.25) is 0 Å². The Labute approximate surface area is 191 Å². The Hall–Kier alpha value is -1.35. The van der Waals surface area contributed by atoms with Crippen molar-refractivity contribution in [1.29, 1.82) is 0 Å². The zero-order valence-electron chi connectivity index (χ0n) is 17.4. The van der Waals surface area contributed by atoms with Crippen molar-refractivity contribution in [2.75, 3.05) is 25.0 Å². The minimum atomic E-state index is 0. The summed E-state index contributed by atoms with van der Waals surface area (Å²) in [5, 5.41) is 9.74. The summed E-state index contributed by atoms with van der Waals surface area (Å²) in [6.07, 6.45) is 8.14. The van der Waals surface area contributed by atoms with Gasteiger partial charge in [0.2, 0.25) is 5.91 Å². The van der Waals surface area contributed by atoms with E-state index in [0.29, 0.717) is 6.54 Å². The number of carbonyl (C=O) groups is 1. The zero-order chi connectivity index (χ0) is 19.6. The molecular formula is C22H35IN4O2. The minimum absolute atomic E-state index is 0. The SMILES string of the molecule is CCNC(=NCc1cccc(NC(=O)C2CCCCC2)c1)NCC1CCCO1.I. The highest BCUT2D eigenvalue weighted by atomic mass is 127. The Balaban J connectivity index is 0.00000300. The van der Waals surface area contributed by atoms with Crippen LogP contribution in [0.1, 0.15) is 57.4 Å². The number of rotatable bonds is 7. The average molecular weight is 514 g/mol. The van der Waals surface area contributed by atoms with E-state index in [4.69, 9.17) is 4.74 Å². The number of hydrogen-bond donors (Lipinski definition) is 3. The molecule has 2 fully saturated rings. The molecular weight excluding hydrogens is 479 g/mol. The number of hydrogen-bond acceptors (Lipinski definition) is 3. The summed E-state index contributed by atoms with van der Waals surface area (Å²) in [4.78, 5) is 17.2. The van der Waals surface area contributed by atoms with Crippen molar-refractivity contribution in [3.8, 4) is 0 Å². The van der Waals surface area contributed by atoms with Gasteiger partial charge >= 0.3 is 0 Å². The first-order valence-corrected chi connectivity index (χ1v) is 10.8. The molecule has 1 aromatic carbocycles. The summed E-state index contributed by atoms with van der Waals surface area (Å²) < 4.78 is 5.66. The number of nitrogens with zero attached hydrogens (tertiary/aromatic N) is 1. The van der Waals surface area contributed by atoms with Crippen LogP contribution in [-0.4, -0.2) is 37.7 Å². The first kappa shape index (κ1) is 23.9. The van der Waals surface area contributed by atoms with E-state index < -0.39 is 0 Å². The molecule has 1 amide bonds. The third kappa shape index (κ3) is 8.12. The van der Waals surface area contributed by atoms with E-state index >= 15 is 0 Å². The molecule has 2 aliphatic rings. The Morgan fingerprint density at radius 2 is 1.97 bits per heavy atom. The number of aliphatic imine (C=N–C) groups is 1. The molecule has 0 aromatic heterocycles. The highest BCUT2D eigenvalue weighted by Crippen LogP contribution is 2.25. The molecule has 162 valence electrons. The average Bonchev–Trinajstić information content (AvgIpc) is 3.25. The van der Waals surface area contributed by atoms with E-state index in [9.17, 15) is 4.79 Å². The van der Waals surface area contributed by atoms with Crippen molar-refractivity contribution >= 4 is 41.5 Å². The van der Waals surface area contributed by atoms with Crippen molar-refractivity contribution < 1.29 is 9.53 Å². The van der Waals surface area contributed by atoms with E-state index in [0.717, 1.165) is 62.6 Å². The molecule has 3 N–H and O–H groups in total. The Kier molecular flexibility index (Phi) is 10.8. The van der Waals surface area contributed by atoms with Crippen molar-refractivity contribution in [2.24, 2.45) is 10.9 Å². The van der Waals surface area contributed by atoms with Crippen LogP contribution in [0.25, 0.3) is 0 Å². The summed E-state index contributed by atoms with van der Waals surface area (Å²) in [5.41, 5.74) is 1.94. The molecule has 1 aliphatic heterocycles. The van der Waals surface area contributed by atoms with Crippen LogP contribution in [0.15, 0.2) is 29.3 Å².